The Morgan fingerprint density at radius 2 is 2.00 bits per heavy atom. The molecule has 1 aliphatic carbocycles. The second-order valence-corrected chi connectivity index (χ2v) is 6.00. The Labute approximate surface area is 132 Å². The average molecular weight is 318 g/mol. The molecule has 0 bridgehead atoms. The lowest BCUT2D eigenvalue weighted by Gasteiger charge is -2.10. The van der Waals surface area contributed by atoms with E-state index in [9.17, 15) is 9.59 Å². The van der Waals surface area contributed by atoms with Crippen molar-refractivity contribution in [3.8, 4) is 0 Å². The van der Waals surface area contributed by atoms with Crippen LogP contribution in [0.5, 0.6) is 0 Å². The van der Waals surface area contributed by atoms with Crippen LogP contribution < -0.4 is 10.9 Å². The highest BCUT2D eigenvalue weighted by atomic mass is 35.5. The zero-order valence-electron chi connectivity index (χ0n) is 12.4. The fourth-order valence-electron chi connectivity index (χ4n) is 2.28. The van der Waals surface area contributed by atoms with Gasteiger partial charge < -0.3 is 9.88 Å². The maximum atomic E-state index is 12.4. The van der Waals surface area contributed by atoms with Crippen LogP contribution >= 0.6 is 11.6 Å². The summed E-state index contributed by atoms with van der Waals surface area (Å²) >= 11 is 6.13. The Morgan fingerprint density at radius 3 is 2.68 bits per heavy atom. The van der Waals surface area contributed by atoms with E-state index in [0.717, 1.165) is 24.0 Å². The van der Waals surface area contributed by atoms with Gasteiger partial charge in [0.05, 0.1) is 10.6 Å². The highest BCUT2D eigenvalue weighted by Gasteiger charge is 2.25. The van der Waals surface area contributed by atoms with E-state index in [1.807, 2.05) is 13.8 Å². The molecule has 114 valence electrons. The maximum Gasteiger partial charge on any atom is 0.293 e. The van der Waals surface area contributed by atoms with Crippen molar-refractivity contribution >= 4 is 23.3 Å². The van der Waals surface area contributed by atoms with Gasteiger partial charge in [-0.1, -0.05) is 11.6 Å². The number of halogens is 1. The number of carbonyl (C=O) groups is 1. The molecule has 0 aliphatic heterocycles. The molecule has 22 heavy (non-hydrogen) atoms. The predicted molar refractivity (Wildman–Crippen MR) is 85.6 cm³/mol. The van der Waals surface area contributed by atoms with Gasteiger partial charge in [-0.2, -0.15) is 0 Å². The van der Waals surface area contributed by atoms with Crippen LogP contribution in [-0.4, -0.2) is 15.5 Å². The number of benzene rings is 1. The minimum Gasteiger partial charge on any atom is -0.308 e. The highest BCUT2D eigenvalue weighted by molar-refractivity contribution is 6.34. The zero-order chi connectivity index (χ0) is 15.9. The molecule has 0 atom stereocenters. The van der Waals surface area contributed by atoms with Gasteiger partial charge in [0, 0.05) is 18.4 Å². The van der Waals surface area contributed by atoms with Crippen molar-refractivity contribution < 1.29 is 4.79 Å². The lowest BCUT2D eigenvalue weighted by atomic mass is 10.1. The SMILES string of the molecule is Cc1cc(Cl)c(C(=O)Nc2nccn(C3CC3)c2=O)cc1C. The number of hydrogen-bond donors (Lipinski definition) is 1. The third-order valence-electron chi connectivity index (χ3n) is 3.87. The molecule has 3 rings (SSSR count). The Balaban J connectivity index is 1.90. The van der Waals surface area contributed by atoms with E-state index in [1.54, 1.807) is 22.9 Å². The normalized spacial score (nSPS) is 14.0. The van der Waals surface area contributed by atoms with Crippen LogP contribution in [0, 0.1) is 13.8 Å². The molecule has 1 aromatic carbocycles. The Morgan fingerprint density at radius 1 is 1.32 bits per heavy atom. The van der Waals surface area contributed by atoms with Crippen LogP contribution in [0.4, 0.5) is 5.82 Å². The number of aryl methyl sites for hydroxylation is 2. The van der Waals surface area contributed by atoms with E-state index in [-0.39, 0.29) is 17.4 Å². The number of anilines is 1. The molecule has 0 radical (unpaired) electrons. The van der Waals surface area contributed by atoms with Crippen molar-refractivity contribution in [2.24, 2.45) is 0 Å². The van der Waals surface area contributed by atoms with Gasteiger partial charge in [0.25, 0.3) is 11.5 Å². The van der Waals surface area contributed by atoms with Crippen molar-refractivity contribution in [2.75, 3.05) is 5.32 Å². The van der Waals surface area contributed by atoms with Gasteiger partial charge in [-0.25, -0.2) is 4.98 Å². The molecule has 1 aliphatic rings. The minimum absolute atomic E-state index is 0.0358. The highest BCUT2D eigenvalue weighted by Crippen LogP contribution is 2.33. The van der Waals surface area contributed by atoms with E-state index >= 15 is 0 Å². The van der Waals surface area contributed by atoms with E-state index < -0.39 is 5.91 Å². The smallest absolute Gasteiger partial charge is 0.293 e. The predicted octanol–water partition coefficient (Wildman–Crippen LogP) is 3.10. The Hall–Kier alpha value is -2.14. The van der Waals surface area contributed by atoms with Gasteiger partial charge in [0.15, 0.2) is 5.82 Å². The molecular weight excluding hydrogens is 302 g/mol. The van der Waals surface area contributed by atoms with Crippen LogP contribution in [0.1, 0.15) is 40.4 Å². The molecule has 0 spiro atoms. The molecule has 1 saturated carbocycles. The standard InChI is InChI=1S/C16H16ClN3O2/c1-9-7-12(13(17)8-10(9)2)15(21)19-14-16(22)20(6-5-18-14)11-3-4-11/h5-8,11H,3-4H2,1-2H3,(H,18,19,21). The van der Waals surface area contributed by atoms with Gasteiger partial charge in [0.2, 0.25) is 0 Å². The minimum atomic E-state index is -0.425. The van der Waals surface area contributed by atoms with Crippen LogP contribution in [0.15, 0.2) is 29.3 Å². The van der Waals surface area contributed by atoms with Crippen molar-refractivity contribution in [3.05, 3.63) is 56.6 Å². The number of rotatable bonds is 3. The fourth-order valence-corrected chi connectivity index (χ4v) is 2.58. The molecule has 0 saturated heterocycles. The second kappa shape index (κ2) is 5.57. The first-order valence-corrected chi connectivity index (χ1v) is 7.50. The summed E-state index contributed by atoms with van der Waals surface area (Å²) in [5, 5.41) is 2.93. The molecule has 1 heterocycles. The number of nitrogens with one attached hydrogen (secondary N) is 1. The van der Waals surface area contributed by atoms with Crippen molar-refractivity contribution in [1.29, 1.82) is 0 Å². The van der Waals surface area contributed by atoms with Gasteiger partial charge in [-0.3, -0.25) is 9.59 Å². The van der Waals surface area contributed by atoms with E-state index in [2.05, 4.69) is 10.3 Å². The maximum absolute atomic E-state index is 12.4. The number of amides is 1. The summed E-state index contributed by atoms with van der Waals surface area (Å²) in [6.45, 7) is 3.83. The topological polar surface area (TPSA) is 64.0 Å². The van der Waals surface area contributed by atoms with Gasteiger partial charge in [-0.15, -0.1) is 0 Å². The van der Waals surface area contributed by atoms with Crippen LogP contribution in [0.25, 0.3) is 0 Å². The lowest BCUT2D eigenvalue weighted by Crippen LogP contribution is -2.26. The monoisotopic (exact) mass is 317 g/mol. The van der Waals surface area contributed by atoms with E-state index in [4.69, 9.17) is 11.6 Å². The second-order valence-electron chi connectivity index (χ2n) is 5.59. The van der Waals surface area contributed by atoms with Gasteiger partial charge in [-0.05, 0) is 49.9 Å². The fraction of sp³-hybridized carbons (Fsp3) is 0.312. The first-order valence-electron chi connectivity index (χ1n) is 7.12. The first-order chi connectivity index (χ1) is 10.5. The average Bonchev–Trinajstić information content (AvgIpc) is 3.29. The van der Waals surface area contributed by atoms with Crippen molar-refractivity contribution in [1.82, 2.24) is 9.55 Å². The summed E-state index contributed by atoms with van der Waals surface area (Å²) in [5.74, 6) is -0.389. The lowest BCUT2D eigenvalue weighted by molar-refractivity contribution is 0.102. The Bertz CT molecular complexity index is 810. The van der Waals surface area contributed by atoms with E-state index in [1.165, 1.54) is 6.20 Å². The molecule has 1 N–H and O–H groups in total. The summed E-state index contributed by atoms with van der Waals surface area (Å²) in [5.41, 5.74) is 2.03. The summed E-state index contributed by atoms with van der Waals surface area (Å²) in [4.78, 5) is 28.6. The van der Waals surface area contributed by atoms with Crippen LogP contribution in [-0.2, 0) is 0 Å². The number of carbonyl (C=O) groups excluding carboxylic acids is 1. The summed E-state index contributed by atoms with van der Waals surface area (Å²) in [7, 11) is 0. The van der Waals surface area contributed by atoms with Crippen molar-refractivity contribution in [3.63, 3.8) is 0 Å². The largest absolute Gasteiger partial charge is 0.308 e. The Kier molecular flexibility index (Phi) is 3.74. The quantitative estimate of drug-likeness (QED) is 0.946. The van der Waals surface area contributed by atoms with Gasteiger partial charge >= 0.3 is 0 Å². The number of nitrogens with zero attached hydrogens (tertiary/aromatic N) is 2. The number of hydrogen-bond acceptors (Lipinski definition) is 3. The van der Waals surface area contributed by atoms with E-state index in [0.29, 0.717) is 10.6 Å². The summed E-state index contributed by atoms with van der Waals surface area (Å²) in [6, 6.07) is 3.69. The molecule has 5 nitrogen and oxygen atoms in total. The molecule has 1 aromatic heterocycles. The number of aromatic nitrogens is 2. The molecule has 6 heteroatoms. The summed E-state index contributed by atoms with van der Waals surface area (Å²) < 4.78 is 1.62. The third-order valence-corrected chi connectivity index (χ3v) is 4.18. The molecule has 2 aromatic rings. The van der Waals surface area contributed by atoms with Crippen molar-refractivity contribution in [2.45, 2.75) is 32.7 Å². The molecule has 1 amide bonds. The summed E-state index contributed by atoms with van der Waals surface area (Å²) in [6.07, 6.45) is 5.15. The van der Waals surface area contributed by atoms with Crippen LogP contribution in [0.3, 0.4) is 0 Å². The first kappa shape index (κ1) is 14.8. The third kappa shape index (κ3) is 2.76. The molecular formula is C16H16ClN3O2. The molecule has 0 unspecified atom stereocenters. The molecule has 1 fully saturated rings. The zero-order valence-corrected chi connectivity index (χ0v) is 13.1. The van der Waals surface area contributed by atoms with Gasteiger partial charge in [0.1, 0.15) is 0 Å². The van der Waals surface area contributed by atoms with Crippen LogP contribution in [0.2, 0.25) is 5.02 Å².